The number of hydrogen-bond acceptors (Lipinski definition) is 5. The van der Waals surface area contributed by atoms with Gasteiger partial charge in [0.25, 0.3) is 5.91 Å². The number of nitrogens with zero attached hydrogens (tertiary/aromatic N) is 5. The molecule has 0 atom stereocenters. The molecule has 1 aromatic heterocycles. The van der Waals surface area contributed by atoms with Gasteiger partial charge in [0.2, 0.25) is 11.9 Å². The van der Waals surface area contributed by atoms with Crippen molar-refractivity contribution < 1.29 is 9.59 Å². The predicted octanol–water partition coefficient (Wildman–Crippen LogP) is 1.97. The minimum absolute atomic E-state index is 0.0109. The van der Waals surface area contributed by atoms with E-state index in [2.05, 4.69) is 9.97 Å². The number of aromatic nitrogens is 2. The minimum atomic E-state index is -0.890. The maximum absolute atomic E-state index is 13.4. The molecule has 0 radical (unpaired) electrons. The van der Waals surface area contributed by atoms with Crippen LogP contribution in [0.2, 0.25) is 5.02 Å². The van der Waals surface area contributed by atoms with Crippen molar-refractivity contribution in [3.8, 4) is 0 Å². The van der Waals surface area contributed by atoms with Crippen LogP contribution in [0.3, 0.4) is 0 Å². The Balaban J connectivity index is 1.64. The number of anilines is 1. The number of piperazine rings is 1. The first-order valence-corrected chi connectivity index (χ1v) is 9.66. The van der Waals surface area contributed by atoms with Crippen LogP contribution >= 0.6 is 11.6 Å². The van der Waals surface area contributed by atoms with Crippen molar-refractivity contribution in [1.82, 2.24) is 19.8 Å². The standard InChI is InChI=1S/C20H22ClN5O2/c1-14(2)25-11-17(27)26(10-15-4-6-16(21)7-5-15)20(18(25)28)12-24(13-20)19-22-8-3-9-23-19/h3-9,14H,10-13H2,1-2H3. The molecular weight excluding hydrogens is 378 g/mol. The molecule has 0 bridgehead atoms. The summed E-state index contributed by atoms with van der Waals surface area (Å²) >= 11 is 5.98. The highest BCUT2D eigenvalue weighted by atomic mass is 35.5. The first kappa shape index (κ1) is 18.7. The zero-order chi connectivity index (χ0) is 19.9. The summed E-state index contributed by atoms with van der Waals surface area (Å²) in [4.78, 5) is 40.3. The molecular formula is C20H22ClN5O2. The zero-order valence-electron chi connectivity index (χ0n) is 15.9. The first-order chi connectivity index (χ1) is 13.4. The average Bonchev–Trinajstić information content (AvgIpc) is 2.65. The molecule has 0 N–H and O–H groups in total. The van der Waals surface area contributed by atoms with E-state index in [9.17, 15) is 9.59 Å². The van der Waals surface area contributed by atoms with E-state index in [0.717, 1.165) is 5.56 Å². The van der Waals surface area contributed by atoms with Gasteiger partial charge in [0, 0.05) is 30.0 Å². The van der Waals surface area contributed by atoms with Crippen molar-refractivity contribution in [3.05, 3.63) is 53.3 Å². The van der Waals surface area contributed by atoms with Gasteiger partial charge in [-0.15, -0.1) is 0 Å². The van der Waals surface area contributed by atoms with Crippen LogP contribution in [0, 0.1) is 0 Å². The van der Waals surface area contributed by atoms with Crippen molar-refractivity contribution in [3.63, 3.8) is 0 Å². The second-order valence-electron chi connectivity index (χ2n) is 7.57. The molecule has 8 heteroatoms. The summed E-state index contributed by atoms with van der Waals surface area (Å²) in [5, 5.41) is 0.640. The summed E-state index contributed by atoms with van der Waals surface area (Å²) in [7, 11) is 0. The summed E-state index contributed by atoms with van der Waals surface area (Å²) < 4.78 is 0. The molecule has 2 aromatic rings. The largest absolute Gasteiger partial charge is 0.335 e. The summed E-state index contributed by atoms with van der Waals surface area (Å²) in [6, 6.07) is 9.09. The molecule has 146 valence electrons. The molecule has 0 unspecified atom stereocenters. The smallest absolute Gasteiger partial charge is 0.252 e. The molecule has 2 aliphatic heterocycles. The molecule has 3 heterocycles. The van der Waals surface area contributed by atoms with Crippen LogP contribution in [-0.2, 0) is 16.1 Å². The van der Waals surface area contributed by atoms with Crippen LogP contribution in [0.1, 0.15) is 19.4 Å². The quantitative estimate of drug-likeness (QED) is 0.786. The van der Waals surface area contributed by atoms with Gasteiger partial charge in [-0.2, -0.15) is 0 Å². The number of carbonyl (C=O) groups excluding carboxylic acids is 2. The fourth-order valence-corrected chi connectivity index (χ4v) is 3.97. The molecule has 2 saturated heterocycles. The van der Waals surface area contributed by atoms with Crippen molar-refractivity contribution >= 4 is 29.4 Å². The molecule has 7 nitrogen and oxygen atoms in total. The number of halogens is 1. The number of benzene rings is 1. The molecule has 0 aliphatic carbocycles. The van der Waals surface area contributed by atoms with E-state index < -0.39 is 5.54 Å². The number of hydrogen-bond donors (Lipinski definition) is 0. The Bertz CT molecular complexity index is 881. The highest BCUT2D eigenvalue weighted by Crippen LogP contribution is 2.37. The first-order valence-electron chi connectivity index (χ1n) is 9.29. The lowest BCUT2D eigenvalue weighted by Gasteiger charge is -2.58. The SMILES string of the molecule is CC(C)N1CC(=O)N(Cc2ccc(Cl)cc2)C2(CN(c3ncccn3)C2)C1=O. The zero-order valence-corrected chi connectivity index (χ0v) is 16.6. The Morgan fingerprint density at radius 2 is 1.75 bits per heavy atom. The number of amides is 2. The van der Waals surface area contributed by atoms with E-state index in [-0.39, 0.29) is 24.4 Å². The van der Waals surface area contributed by atoms with E-state index in [0.29, 0.717) is 30.6 Å². The average molecular weight is 400 g/mol. The van der Waals surface area contributed by atoms with Crippen LogP contribution in [0.25, 0.3) is 0 Å². The molecule has 0 saturated carbocycles. The van der Waals surface area contributed by atoms with Crippen molar-refractivity contribution in [1.29, 1.82) is 0 Å². The summed E-state index contributed by atoms with van der Waals surface area (Å²) in [5.74, 6) is 0.515. The molecule has 28 heavy (non-hydrogen) atoms. The maximum Gasteiger partial charge on any atom is 0.252 e. The van der Waals surface area contributed by atoms with Gasteiger partial charge >= 0.3 is 0 Å². The van der Waals surface area contributed by atoms with Crippen LogP contribution < -0.4 is 4.90 Å². The van der Waals surface area contributed by atoms with Crippen LogP contribution in [0.15, 0.2) is 42.7 Å². The number of carbonyl (C=O) groups is 2. The lowest BCUT2D eigenvalue weighted by atomic mass is 9.83. The summed E-state index contributed by atoms with van der Waals surface area (Å²) in [6.07, 6.45) is 3.35. The molecule has 1 aromatic carbocycles. The summed E-state index contributed by atoms with van der Waals surface area (Å²) in [6.45, 7) is 5.12. The van der Waals surface area contributed by atoms with Gasteiger partial charge in [-0.25, -0.2) is 9.97 Å². The molecule has 2 amide bonds. The fourth-order valence-electron chi connectivity index (χ4n) is 3.84. The van der Waals surface area contributed by atoms with Crippen LogP contribution in [-0.4, -0.2) is 62.8 Å². The Labute approximate surface area is 168 Å². The van der Waals surface area contributed by atoms with Gasteiger partial charge in [-0.1, -0.05) is 23.7 Å². The van der Waals surface area contributed by atoms with Gasteiger partial charge in [0.05, 0.1) is 13.1 Å². The Kier molecular flexibility index (Phi) is 4.71. The normalized spacial score (nSPS) is 18.8. The van der Waals surface area contributed by atoms with Crippen LogP contribution in [0.5, 0.6) is 0 Å². The van der Waals surface area contributed by atoms with Gasteiger partial charge in [0.1, 0.15) is 6.54 Å². The molecule has 2 aliphatic rings. The van der Waals surface area contributed by atoms with E-state index in [1.54, 1.807) is 40.4 Å². The highest BCUT2D eigenvalue weighted by molar-refractivity contribution is 6.30. The molecule has 2 fully saturated rings. The van der Waals surface area contributed by atoms with Crippen molar-refractivity contribution in [2.45, 2.75) is 32.0 Å². The Morgan fingerprint density at radius 3 is 2.36 bits per heavy atom. The molecule has 4 rings (SSSR count). The highest BCUT2D eigenvalue weighted by Gasteiger charge is 2.60. The Hall–Kier alpha value is -2.67. The third kappa shape index (κ3) is 3.09. The van der Waals surface area contributed by atoms with E-state index >= 15 is 0 Å². The van der Waals surface area contributed by atoms with E-state index in [1.807, 2.05) is 30.9 Å². The minimum Gasteiger partial charge on any atom is -0.335 e. The lowest BCUT2D eigenvalue weighted by molar-refractivity contribution is -0.170. The maximum atomic E-state index is 13.4. The van der Waals surface area contributed by atoms with Crippen LogP contribution in [0.4, 0.5) is 5.95 Å². The van der Waals surface area contributed by atoms with E-state index in [4.69, 9.17) is 11.6 Å². The lowest BCUT2D eigenvalue weighted by Crippen LogP contribution is -2.81. The number of rotatable bonds is 4. The van der Waals surface area contributed by atoms with Gasteiger partial charge < -0.3 is 14.7 Å². The fraction of sp³-hybridized carbons (Fsp3) is 0.400. The predicted molar refractivity (Wildman–Crippen MR) is 106 cm³/mol. The molecule has 1 spiro atoms. The van der Waals surface area contributed by atoms with E-state index in [1.165, 1.54) is 0 Å². The Morgan fingerprint density at radius 1 is 1.11 bits per heavy atom. The van der Waals surface area contributed by atoms with Crippen molar-refractivity contribution in [2.75, 3.05) is 24.5 Å². The topological polar surface area (TPSA) is 69.6 Å². The second kappa shape index (κ2) is 7.05. The second-order valence-corrected chi connectivity index (χ2v) is 8.01. The van der Waals surface area contributed by atoms with Crippen molar-refractivity contribution in [2.24, 2.45) is 0 Å². The monoisotopic (exact) mass is 399 g/mol. The van der Waals surface area contributed by atoms with Gasteiger partial charge in [-0.05, 0) is 37.6 Å². The van der Waals surface area contributed by atoms with Gasteiger partial charge in [0.15, 0.2) is 5.54 Å². The third-order valence-corrected chi connectivity index (χ3v) is 5.65. The van der Waals surface area contributed by atoms with Gasteiger partial charge in [-0.3, -0.25) is 9.59 Å². The third-order valence-electron chi connectivity index (χ3n) is 5.40. The summed E-state index contributed by atoms with van der Waals surface area (Å²) in [5.41, 5.74) is 0.0515.